The minimum atomic E-state index is -3.32. The molecule has 0 aliphatic rings. The summed E-state index contributed by atoms with van der Waals surface area (Å²) in [7, 11) is -3.32. The van der Waals surface area contributed by atoms with Gasteiger partial charge in [-0.15, -0.1) is 11.6 Å². The summed E-state index contributed by atoms with van der Waals surface area (Å²) in [6, 6.07) is 0. The van der Waals surface area contributed by atoms with E-state index >= 15 is 0 Å². The van der Waals surface area contributed by atoms with Crippen molar-refractivity contribution in [2.45, 2.75) is 20.4 Å². The van der Waals surface area contributed by atoms with Gasteiger partial charge < -0.3 is 4.42 Å². The van der Waals surface area contributed by atoms with Gasteiger partial charge in [0.15, 0.2) is 0 Å². The maximum Gasteiger partial charge on any atom is 0.213 e. The fraction of sp³-hybridized carbons (Fsp3) is 0.625. The molecule has 1 aromatic heterocycles. The van der Waals surface area contributed by atoms with E-state index < -0.39 is 10.0 Å². The summed E-state index contributed by atoms with van der Waals surface area (Å²) in [6.45, 7) is 3.64. The van der Waals surface area contributed by atoms with Crippen LogP contribution in [-0.4, -0.2) is 25.0 Å². The maximum absolute atomic E-state index is 11.2. The molecule has 15 heavy (non-hydrogen) atoms. The third-order valence-corrected chi connectivity index (χ3v) is 3.60. The van der Waals surface area contributed by atoms with Crippen molar-refractivity contribution in [3.8, 4) is 0 Å². The second-order valence-electron chi connectivity index (χ2n) is 3.08. The molecule has 5 nitrogen and oxygen atoms in total. The molecule has 1 rings (SSSR count). The first kappa shape index (κ1) is 12.5. The summed E-state index contributed by atoms with van der Waals surface area (Å²) in [5, 5.41) is 0. The third kappa shape index (κ3) is 3.81. The smallest absolute Gasteiger partial charge is 0.213 e. The van der Waals surface area contributed by atoms with Crippen LogP contribution in [0.1, 0.15) is 17.3 Å². The Labute approximate surface area is 93.9 Å². The Hall–Kier alpha value is -0.590. The van der Waals surface area contributed by atoms with Crippen molar-refractivity contribution < 1.29 is 12.8 Å². The van der Waals surface area contributed by atoms with Crippen molar-refractivity contribution in [3.63, 3.8) is 0 Å². The van der Waals surface area contributed by atoms with Crippen LogP contribution in [0.5, 0.6) is 0 Å². The molecule has 1 heterocycles. The van der Waals surface area contributed by atoms with Crippen LogP contribution in [0.15, 0.2) is 4.42 Å². The second-order valence-corrected chi connectivity index (χ2v) is 5.38. The van der Waals surface area contributed by atoms with Crippen molar-refractivity contribution in [1.82, 2.24) is 9.71 Å². The largest absolute Gasteiger partial charge is 0.444 e. The Morgan fingerprint density at radius 3 is 2.60 bits per heavy atom. The fourth-order valence-corrected chi connectivity index (χ4v) is 2.26. The molecule has 0 aliphatic heterocycles. The molecule has 0 fully saturated rings. The van der Waals surface area contributed by atoms with Crippen LogP contribution in [0.4, 0.5) is 0 Å². The molecule has 0 saturated carbocycles. The van der Waals surface area contributed by atoms with Crippen LogP contribution in [0.2, 0.25) is 0 Å². The number of sulfonamides is 1. The van der Waals surface area contributed by atoms with Gasteiger partial charge in [0.2, 0.25) is 15.9 Å². The maximum atomic E-state index is 11.2. The molecular weight excluding hydrogens is 240 g/mol. The number of oxazole rings is 1. The van der Waals surface area contributed by atoms with E-state index in [1.54, 1.807) is 13.8 Å². The van der Waals surface area contributed by atoms with Crippen molar-refractivity contribution >= 4 is 21.6 Å². The van der Waals surface area contributed by atoms with Crippen LogP contribution >= 0.6 is 11.6 Å². The predicted octanol–water partition coefficient (Wildman–Crippen LogP) is 0.950. The minimum Gasteiger partial charge on any atom is -0.444 e. The molecular formula is C8H13ClN2O3S. The van der Waals surface area contributed by atoms with Gasteiger partial charge in [-0.2, -0.15) is 0 Å². The lowest BCUT2D eigenvalue weighted by molar-refractivity contribution is 0.463. The Morgan fingerprint density at radius 2 is 2.13 bits per heavy atom. The first-order valence-corrected chi connectivity index (χ1v) is 6.59. The molecule has 86 valence electrons. The fourth-order valence-electron chi connectivity index (χ4n) is 0.960. The highest BCUT2D eigenvalue weighted by molar-refractivity contribution is 7.89. The molecule has 0 aromatic carbocycles. The number of nitrogens with one attached hydrogen (secondary N) is 1. The van der Waals surface area contributed by atoms with E-state index in [0.717, 1.165) is 5.69 Å². The van der Waals surface area contributed by atoms with Gasteiger partial charge in [-0.05, 0) is 13.8 Å². The summed E-state index contributed by atoms with van der Waals surface area (Å²) in [5.74, 6) is 1.02. The van der Waals surface area contributed by atoms with Crippen molar-refractivity contribution in [3.05, 3.63) is 17.3 Å². The normalized spacial score (nSPS) is 11.9. The summed E-state index contributed by atoms with van der Waals surface area (Å²) in [5.41, 5.74) is 0.765. The van der Waals surface area contributed by atoms with E-state index in [-0.39, 0.29) is 18.2 Å². The lowest BCUT2D eigenvalue weighted by Gasteiger charge is -2.01. The Balaban J connectivity index is 2.57. The van der Waals surface area contributed by atoms with Crippen LogP contribution < -0.4 is 4.72 Å². The molecule has 0 bridgehead atoms. The number of aromatic nitrogens is 1. The molecule has 7 heteroatoms. The van der Waals surface area contributed by atoms with Gasteiger partial charge >= 0.3 is 0 Å². The van der Waals surface area contributed by atoms with E-state index in [0.29, 0.717) is 11.7 Å². The molecule has 0 spiro atoms. The van der Waals surface area contributed by atoms with Crippen LogP contribution in [-0.2, 0) is 16.6 Å². The zero-order valence-corrected chi connectivity index (χ0v) is 10.2. The Morgan fingerprint density at radius 1 is 1.47 bits per heavy atom. The summed E-state index contributed by atoms with van der Waals surface area (Å²) < 4.78 is 30.0. The topological polar surface area (TPSA) is 72.2 Å². The van der Waals surface area contributed by atoms with Crippen LogP contribution in [0.3, 0.4) is 0 Å². The van der Waals surface area contributed by atoms with Gasteiger partial charge in [0.25, 0.3) is 0 Å². The summed E-state index contributed by atoms with van der Waals surface area (Å²) in [6.07, 6.45) is 0. The summed E-state index contributed by atoms with van der Waals surface area (Å²) >= 11 is 5.34. The second kappa shape index (κ2) is 4.96. The zero-order chi connectivity index (χ0) is 11.5. The third-order valence-electron chi connectivity index (χ3n) is 1.86. The molecule has 0 unspecified atom stereocenters. The number of rotatable bonds is 5. The van der Waals surface area contributed by atoms with Gasteiger partial charge in [0.1, 0.15) is 5.76 Å². The van der Waals surface area contributed by atoms with Gasteiger partial charge in [0.05, 0.1) is 18.0 Å². The first-order chi connectivity index (χ1) is 6.94. The number of nitrogens with zero attached hydrogens (tertiary/aromatic N) is 1. The average Bonchev–Trinajstić information content (AvgIpc) is 2.44. The highest BCUT2D eigenvalue weighted by atomic mass is 35.5. The number of alkyl halides is 1. The van der Waals surface area contributed by atoms with Gasteiger partial charge in [0, 0.05) is 5.88 Å². The SMILES string of the molecule is Cc1nc(CNS(=O)(=O)CCCl)oc1C. The van der Waals surface area contributed by atoms with E-state index in [1.165, 1.54) is 0 Å². The molecule has 0 amide bonds. The van der Waals surface area contributed by atoms with E-state index in [1.807, 2.05) is 0 Å². The van der Waals surface area contributed by atoms with Crippen molar-refractivity contribution in [2.24, 2.45) is 0 Å². The van der Waals surface area contributed by atoms with Crippen LogP contribution in [0, 0.1) is 13.8 Å². The summed E-state index contributed by atoms with van der Waals surface area (Å²) in [4.78, 5) is 4.05. The molecule has 0 saturated heterocycles. The highest BCUT2D eigenvalue weighted by Gasteiger charge is 2.11. The number of hydrogen-bond donors (Lipinski definition) is 1. The minimum absolute atomic E-state index is 0.0634. The lowest BCUT2D eigenvalue weighted by Crippen LogP contribution is -2.26. The molecule has 0 radical (unpaired) electrons. The number of hydrogen-bond acceptors (Lipinski definition) is 4. The highest BCUT2D eigenvalue weighted by Crippen LogP contribution is 2.07. The van der Waals surface area contributed by atoms with Gasteiger partial charge in [-0.25, -0.2) is 18.1 Å². The zero-order valence-electron chi connectivity index (χ0n) is 8.58. The number of halogens is 1. The lowest BCUT2D eigenvalue weighted by atomic mass is 10.4. The van der Waals surface area contributed by atoms with Crippen molar-refractivity contribution in [2.75, 3.05) is 11.6 Å². The van der Waals surface area contributed by atoms with E-state index in [4.69, 9.17) is 16.0 Å². The standard InChI is InChI=1S/C8H13ClN2O3S/c1-6-7(2)14-8(11-6)5-10-15(12,13)4-3-9/h10H,3-5H2,1-2H3. The van der Waals surface area contributed by atoms with Gasteiger partial charge in [-0.3, -0.25) is 0 Å². The Bertz CT molecular complexity index is 408. The van der Waals surface area contributed by atoms with E-state index in [9.17, 15) is 8.42 Å². The first-order valence-electron chi connectivity index (χ1n) is 4.41. The van der Waals surface area contributed by atoms with E-state index in [2.05, 4.69) is 9.71 Å². The average molecular weight is 253 g/mol. The predicted molar refractivity (Wildman–Crippen MR) is 57.3 cm³/mol. The van der Waals surface area contributed by atoms with Crippen molar-refractivity contribution in [1.29, 1.82) is 0 Å². The molecule has 0 atom stereocenters. The molecule has 1 aromatic rings. The number of aryl methyl sites for hydroxylation is 2. The quantitative estimate of drug-likeness (QED) is 0.792. The van der Waals surface area contributed by atoms with Crippen LogP contribution in [0.25, 0.3) is 0 Å². The van der Waals surface area contributed by atoms with Gasteiger partial charge in [-0.1, -0.05) is 0 Å². The molecule has 1 N–H and O–H groups in total. The molecule has 0 aliphatic carbocycles. The monoisotopic (exact) mass is 252 g/mol. The Kier molecular flexibility index (Phi) is 4.12.